The summed E-state index contributed by atoms with van der Waals surface area (Å²) < 4.78 is 5.61. The van der Waals surface area contributed by atoms with Crippen molar-refractivity contribution in [3.8, 4) is 0 Å². The summed E-state index contributed by atoms with van der Waals surface area (Å²) >= 11 is 1.69. The monoisotopic (exact) mass is 300 g/mol. The Labute approximate surface area is 122 Å². The van der Waals surface area contributed by atoms with Gasteiger partial charge in [0.2, 0.25) is 0 Å². The smallest absolute Gasteiger partial charge is 0.274 e. The van der Waals surface area contributed by atoms with E-state index in [0.29, 0.717) is 6.54 Å². The van der Waals surface area contributed by atoms with Gasteiger partial charge in [0.05, 0.1) is 17.2 Å². The molecule has 20 heavy (non-hydrogen) atoms. The van der Waals surface area contributed by atoms with Crippen molar-refractivity contribution in [2.24, 2.45) is 5.73 Å². The van der Waals surface area contributed by atoms with Gasteiger partial charge in [0.15, 0.2) is 5.82 Å². The van der Waals surface area contributed by atoms with E-state index in [1.54, 1.807) is 23.7 Å². The molecule has 1 aromatic rings. The van der Waals surface area contributed by atoms with Crippen LogP contribution in [0.2, 0.25) is 0 Å². The molecular weight excluding hydrogens is 280 g/mol. The summed E-state index contributed by atoms with van der Waals surface area (Å²) in [5, 5.41) is 13.3. The Hall–Kier alpha value is -1.67. The van der Waals surface area contributed by atoms with Crippen LogP contribution in [0, 0.1) is 10.1 Å². The number of rotatable bonds is 9. The number of furan rings is 1. The summed E-state index contributed by atoms with van der Waals surface area (Å²) in [7, 11) is 3.60. The SMILES string of the molecule is CNCc1ccc(CSCCN(C)C(N)=C[N+](=O)[O-])o1. The zero-order valence-electron chi connectivity index (χ0n) is 11.7. The summed E-state index contributed by atoms with van der Waals surface area (Å²) in [5.74, 6) is 3.58. The van der Waals surface area contributed by atoms with Crippen LogP contribution in [-0.4, -0.2) is 36.2 Å². The lowest BCUT2D eigenvalue weighted by Crippen LogP contribution is -2.26. The highest BCUT2D eigenvalue weighted by Gasteiger charge is 2.05. The Morgan fingerprint density at radius 2 is 2.30 bits per heavy atom. The van der Waals surface area contributed by atoms with E-state index in [2.05, 4.69) is 5.32 Å². The van der Waals surface area contributed by atoms with Crippen molar-refractivity contribution in [1.82, 2.24) is 10.2 Å². The van der Waals surface area contributed by atoms with E-state index in [1.807, 2.05) is 19.2 Å². The summed E-state index contributed by atoms with van der Waals surface area (Å²) in [6, 6.07) is 3.92. The summed E-state index contributed by atoms with van der Waals surface area (Å²) in [6.07, 6.45) is 0.807. The molecule has 8 heteroatoms. The third-order valence-corrected chi connectivity index (χ3v) is 3.52. The third kappa shape index (κ3) is 5.98. The molecule has 1 heterocycles. The molecule has 0 aliphatic carbocycles. The van der Waals surface area contributed by atoms with Gasteiger partial charge in [-0.2, -0.15) is 11.8 Å². The van der Waals surface area contributed by atoms with Crippen LogP contribution in [0.1, 0.15) is 11.5 Å². The van der Waals surface area contributed by atoms with Gasteiger partial charge in [0, 0.05) is 19.3 Å². The van der Waals surface area contributed by atoms with E-state index in [9.17, 15) is 10.1 Å². The van der Waals surface area contributed by atoms with Crippen molar-refractivity contribution in [3.05, 3.63) is 45.8 Å². The first-order valence-electron chi connectivity index (χ1n) is 6.14. The van der Waals surface area contributed by atoms with Crippen molar-refractivity contribution in [1.29, 1.82) is 0 Å². The quantitative estimate of drug-likeness (QED) is 0.402. The fourth-order valence-corrected chi connectivity index (χ4v) is 2.38. The number of thioether (sulfide) groups is 1. The number of hydrogen-bond acceptors (Lipinski definition) is 7. The average Bonchev–Trinajstić information content (AvgIpc) is 2.81. The van der Waals surface area contributed by atoms with Crippen molar-refractivity contribution < 1.29 is 9.34 Å². The Kier molecular flexibility index (Phi) is 6.96. The third-order valence-electron chi connectivity index (χ3n) is 2.56. The van der Waals surface area contributed by atoms with E-state index in [-0.39, 0.29) is 5.82 Å². The van der Waals surface area contributed by atoms with Crippen molar-refractivity contribution in [2.45, 2.75) is 12.3 Å². The molecule has 0 bridgehead atoms. The van der Waals surface area contributed by atoms with Crippen LogP contribution in [0.4, 0.5) is 0 Å². The van der Waals surface area contributed by atoms with Gasteiger partial charge < -0.3 is 20.4 Å². The largest absolute Gasteiger partial charge is 0.464 e. The minimum absolute atomic E-state index is 0.157. The molecule has 0 atom stereocenters. The molecule has 0 amide bonds. The van der Waals surface area contributed by atoms with E-state index in [4.69, 9.17) is 10.2 Å². The highest BCUT2D eigenvalue weighted by Crippen LogP contribution is 2.15. The summed E-state index contributed by atoms with van der Waals surface area (Å²) in [6.45, 7) is 1.36. The Morgan fingerprint density at radius 3 is 2.95 bits per heavy atom. The molecular formula is C12H20N4O3S. The van der Waals surface area contributed by atoms with Gasteiger partial charge in [-0.1, -0.05) is 0 Å². The van der Waals surface area contributed by atoms with Gasteiger partial charge in [0.1, 0.15) is 11.5 Å². The minimum Gasteiger partial charge on any atom is -0.464 e. The molecule has 0 fully saturated rings. The Balaban J connectivity index is 2.25. The van der Waals surface area contributed by atoms with Crippen molar-refractivity contribution >= 4 is 11.8 Å². The van der Waals surface area contributed by atoms with Gasteiger partial charge in [-0.05, 0) is 19.2 Å². The Morgan fingerprint density at radius 1 is 1.60 bits per heavy atom. The molecule has 1 aromatic heterocycles. The first-order chi connectivity index (χ1) is 9.52. The van der Waals surface area contributed by atoms with Gasteiger partial charge in [-0.15, -0.1) is 0 Å². The molecule has 0 unspecified atom stereocenters. The lowest BCUT2D eigenvalue weighted by Gasteiger charge is -2.16. The van der Waals surface area contributed by atoms with Crippen LogP contribution in [0.15, 0.2) is 28.6 Å². The normalized spacial score (nSPS) is 11.6. The van der Waals surface area contributed by atoms with Crippen molar-refractivity contribution in [2.75, 3.05) is 26.4 Å². The first kappa shape index (κ1) is 16.4. The van der Waals surface area contributed by atoms with Crippen LogP contribution in [0.5, 0.6) is 0 Å². The number of nitro groups is 1. The number of nitrogens with two attached hydrogens (primary N) is 1. The standard InChI is InChI=1S/C12H20N4O3S/c1-14-7-10-3-4-11(19-10)9-20-6-5-15(2)12(13)8-16(17)18/h3-4,8,14H,5-7,9,13H2,1-2H3. The van der Waals surface area contributed by atoms with Gasteiger partial charge >= 0.3 is 0 Å². The second-order valence-corrected chi connectivity index (χ2v) is 5.32. The van der Waals surface area contributed by atoms with Crippen LogP contribution >= 0.6 is 11.8 Å². The lowest BCUT2D eigenvalue weighted by atomic mass is 10.4. The van der Waals surface area contributed by atoms with Crippen LogP contribution in [0.3, 0.4) is 0 Å². The maximum atomic E-state index is 10.3. The molecule has 0 aliphatic heterocycles. The summed E-state index contributed by atoms with van der Waals surface area (Å²) in [4.78, 5) is 11.4. The molecule has 112 valence electrons. The number of nitrogens with zero attached hydrogens (tertiary/aromatic N) is 2. The van der Waals surface area contributed by atoms with Gasteiger partial charge in [0.25, 0.3) is 6.20 Å². The topological polar surface area (TPSA) is 97.6 Å². The first-order valence-corrected chi connectivity index (χ1v) is 7.30. The van der Waals surface area contributed by atoms with Crippen LogP contribution in [0.25, 0.3) is 0 Å². The zero-order valence-corrected chi connectivity index (χ0v) is 12.5. The molecule has 0 saturated heterocycles. The second-order valence-electron chi connectivity index (χ2n) is 4.21. The molecule has 0 aromatic carbocycles. The van der Waals surface area contributed by atoms with E-state index in [1.165, 1.54) is 0 Å². The lowest BCUT2D eigenvalue weighted by molar-refractivity contribution is -0.404. The van der Waals surface area contributed by atoms with Crippen LogP contribution < -0.4 is 11.1 Å². The fraction of sp³-hybridized carbons (Fsp3) is 0.500. The van der Waals surface area contributed by atoms with E-state index >= 15 is 0 Å². The van der Waals surface area contributed by atoms with E-state index in [0.717, 1.165) is 35.8 Å². The number of nitrogens with one attached hydrogen (secondary N) is 1. The van der Waals surface area contributed by atoms with Crippen molar-refractivity contribution in [3.63, 3.8) is 0 Å². The molecule has 7 nitrogen and oxygen atoms in total. The molecule has 0 spiro atoms. The fourth-order valence-electron chi connectivity index (χ4n) is 1.48. The van der Waals surface area contributed by atoms with Gasteiger partial charge in [-0.3, -0.25) is 10.1 Å². The van der Waals surface area contributed by atoms with Gasteiger partial charge in [-0.25, -0.2) is 0 Å². The predicted molar refractivity (Wildman–Crippen MR) is 79.5 cm³/mol. The predicted octanol–water partition coefficient (Wildman–Crippen LogP) is 1.20. The molecule has 1 rings (SSSR count). The Bertz CT molecular complexity index is 461. The minimum atomic E-state index is -0.550. The van der Waals surface area contributed by atoms with Crippen LogP contribution in [-0.2, 0) is 12.3 Å². The second kappa shape index (κ2) is 8.49. The maximum Gasteiger partial charge on any atom is 0.274 e. The van der Waals surface area contributed by atoms with E-state index < -0.39 is 4.92 Å². The zero-order chi connectivity index (χ0) is 15.0. The highest BCUT2D eigenvalue weighted by molar-refractivity contribution is 7.98. The molecule has 0 aliphatic rings. The molecule has 0 radical (unpaired) electrons. The number of hydrogen-bond donors (Lipinski definition) is 2. The molecule has 0 saturated carbocycles. The summed E-state index contributed by atoms with van der Waals surface area (Å²) in [5.41, 5.74) is 5.56. The average molecular weight is 300 g/mol. The molecule has 3 N–H and O–H groups in total. The highest BCUT2D eigenvalue weighted by atomic mass is 32.2. The maximum absolute atomic E-state index is 10.3.